The Hall–Kier alpha value is -1.40. The fourth-order valence-corrected chi connectivity index (χ4v) is 3.36. The zero-order valence-electron chi connectivity index (χ0n) is 15.2. The van der Waals surface area contributed by atoms with E-state index in [4.69, 9.17) is 9.31 Å². The van der Waals surface area contributed by atoms with Crippen LogP contribution in [0.15, 0.2) is 22.7 Å². The average molecular weight is 333 g/mol. The van der Waals surface area contributed by atoms with Crippen LogP contribution in [0.25, 0.3) is 5.57 Å². The van der Waals surface area contributed by atoms with E-state index in [1.807, 2.05) is 27.7 Å². The van der Waals surface area contributed by atoms with Crippen molar-refractivity contribution in [3.63, 3.8) is 0 Å². The summed E-state index contributed by atoms with van der Waals surface area (Å²) in [5.74, 6) is 0. The molecule has 6 heteroatoms. The number of hydrogen-bond donors (Lipinski definition) is 1. The minimum absolute atomic E-state index is 0.145. The van der Waals surface area contributed by atoms with E-state index in [-0.39, 0.29) is 11.0 Å². The van der Waals surface area contributed by atoms with Crippen molar-refractivity contribution in [3.8, 4) is 0 Å². The summed E-state index contributed by atoms with van der Waals surface area (Å²) >= 11 is 0. The third-order valence-electron chi connectivity index (χ3n) is 5.38. The third kappa shape index (κ3) is 2.86. The van der Waals surface area contributed by atoms with E-state index in [2.05, 4.69) is 18.8 Å². The minimum Gasteiger partial charge on any atom is -0.398 e. The van der Waals surface area contributed by atoms with Crippen molar-refractivity contribution in [1.29, 1.82) is 0 Å². The fraction of sp³-hybridized carbons (Fsp3) is 0.611. The maximum absolute atomic E-state index is 15.3. The van der Waals surface area contributed by atoms with Crippen LogP contribution in [-0.2, 0) is 15.7 Å². The second kappa shape index (κ2) is 5.30. The van der Waals surface area contributed by atoms with Crippen molar-refractivity contribution in [1.82, 2.24) is 4.98 Å². The predicted molar refractivity (Wildman–Crippen MR) is 93.3 cm³/mol. The van der Waals surface area contributed by atoms with Crippen LogP contribution in [0.4, 0.5) is 4.39 Å². The molecule has 1 aromatic rings. The zero-order valence-corrected chi connectivity index (χ0v) is 15.2. The number of nitrogens with one attached hydrogen (secondary N) is 1. The summed E-state index contributed by atoms with van der Waals surface area (Å²) in [6.45, 7) is 11.8. The Kier molecular flexibility index (Phi) is 3.85. The molecule has 0 spiro atoms. The second-order valence-electron chi connectivity index (χ2n) is 8.65. The number of H-pyrrole nitrogens is 1. The molecule has 1 aliphatic heterocycles. The number of rotatable bonds is 1. The van der Waals surface area contributed by atoms with Crippen molar-refractivity contribution >= 4 is 12.7 Å². The lowest BCUT2D eigenvalue weighted by Gasteiger charge is -2.33. The Balaban J connectivity index is 2.08. The first-order valence-electron chi connectivity index (χ1n) is 8.39. The van der Waals surface area contributed by atoms with E-state index < -0.39 is 24.0 Å². The summed E-state index contributed by atoms with van der Waals surface area (Å²) in [5, 5.41) is 0. The Morgan fingerprint density at radius 2 is 1.67 bits per heavy atom. The number of aromatic nitrogens is 1. The van der Waals surface area contributed by atoms with Crippen LogP contribution >= 0.6 is 0 Å². The zero-order chi connectivity index (χ0) is 17.9. The highest BCUT2D eigenvalue weighted by Crippen LogP contribution is 2.45. The Morgan fingerprint density at radius 3 is 2.25 bits per heavy atom. The molecule has 2 aliphatic rings. The molecule has 0 radical (unpaired) electrons. The lowest BCUT2D eigenvalue weighted by Crippen LogP contribution is -2.41. The second-order valence-corrected chi connectivity index (χ2v) is 8.65. The smallest absolute Gasteiger partial charge is 0.398 e. The molecule has 4 nitrogen and oxygen atoms in total. The summed E-state index contributed by atoms with van der Waals surface area (Å²) in [5.41, 5.74) is 0.212. The SMILES string of the molecule is CC1(C)CC(=C(F)B2OC(C)(C)C(C)(C)O2)c2ccc(=O)[nH]c2C1. The highest BCUT2D eigenvalue weighted by Gasteiger charge is 2.54. The average Bonchev–Trinajstić information content (AvgIpc) is 2.64. The Labute approximate surface area is 142 Å². The van der Waals surface area contributed by atoms with Crippen molar-refractivity contribution in [2.24, 2.45) is 5.41 Å². The standard InChI is InChI=1S/C18H25BFNO3/c1-16(2)9-12(11-7-8-14(22)21-13(11)10-16)15(20)19-23-17(3,4)18(5,6)24-19/h7-8H,9-10H2,1-6H3,(H,21,22). The maximum atomic E-state index is 15.3. The topological polar surface area (TPSA) is 51.3 Å². The van der Waals surface area contributed by atoms with Crippen molar-refractivity contribution in [2.75, 3.05) is 0 Å². The Bertz CT molecular complexity index is 748. The van der Waals surface area contributed by atoms with Crippen molar-refractivity contribution in [3.05, 3.63) is 39.5 Å². The van der Waals surface area contributed by atoms with Gasteiger partial charge in [-0.25, -0.2) is 4.39 Å². The van der Waals surface area contributed by atoms with Gasteiger partial charge in [0.15, 0.2) is 0 Å². The summed E-state index contributed by atoms with van der Waals surface area (Å²) in [7, 11) is -1.02. The first-order chi connectivity index (χ1) is 10.9. The molecule has 1 saturated heterocycles. The first-order valence-corrected chi connectivity index (χ1v) is 8.39. The first kappa shape index (κ1) is 17.4. The molecule has 0 amide bonds. The van der Waals surface area contributed by atoms with E-state index in [1.54, 1.807) is 6.07 Å². The molecule has 1 aromatic heterocycles. The Morgan fingerprint density at radius 1 is 1.08 bits per heavy atom. The monoisotopic (exact) mass is 333 g/mol. The van der Waals surface area contributed by atoms with Gasteiger partial charge in [0.25, 0.3) is 0 Å². The molecule has 0 bridgehead atoms. The lowest BCUT2D eigenvalue weighted by atomic mass is 9.70. The summed E-state index contributed by atoms with van der Waals surface area (Å²) in [6, 6.07) is 3.14. The maximum Gasteiger partial charge on any atom is 0.525 e. The van der Waals surface area contributed by atoms with E-state index >= 15 is 4.39 Å². The number of pyridine rings is 1. The van der Waals surface area contributed by atoms with E-state index in [0.29, 0.717) is 18.4 Å². The van der Waals surface area contributed by atoms with Gasteiger partial charge in [0.05, 0.1) is 11.2 Å². The molecule has 1 fully saturated rings. The van der Waals surface area contributed by atoms with E-state index in [9.17, 15) is 4.79 Å². The largest absolute Gasteiger partial charge is 0.525 e. The molecule has 0 atom stereocenters. The molecule has 1 aliphatic carbocycles. The normalized spacial score (nSPS) is 26.2. The van der Waals surface area contributed by atoms with Gasteiger partial charge in [0.2, 0.25) is 5.56 Å². The molecular weight excluding hydrogens is 308 g/mol. The number of fused-ring (bicyclic) bond motifs is 1. The van der Waals surface area contributed by atoms with Gasteiger partial charge >= 0.3 is 7.12 Å². The molecule has 0 unspecified atom stereocenters. The minimum atomic E-state index is -1.02. The molecule has 3 rings (SSSR count). The highest BCUT2D eigenvalue weighted by molar-refractivity contribution is 6.55. The van der Waals surface area contributed by atoms with Crippen LogP contribution in [0.2, 0.25) is 0 Å². The van der Waals surface area contributed by atoms with Crippen molar-refractivity contribution in [2.45, 2.75) is 65.6 Å². The number of halogens is 1. The molecule has 130 valence electrons. The fourth-order valence-electron chi connectivity index (χ4n) is 3.36. The van der Waals surface area contributed by atoms with Gasteiger partial charge in [-0.2, -0.15) is 0 Å². The van der Waals surface area contributed by atoms with Crippen LogP contribution in [0.3, 0.4) is 0 Å². The summed E-state index contributed by atoms with van der Waals surface area (Å²) in [6.07, 6.45) is 1.28. The summed E-state index contributed by atoms with van der Waals surface area (Å²) < 4.78 is 27.1. The van der Waals surface area contributed by atoms with Gasteiger partial charge < -0.3 is 14.3 Å². The third-order valence-corrected chi connectivity index (χ3v) is 5.38. The van der Waals surface area contributed by atoms with Crippen LogP contribution in [0.1, 0.15) is 59.2 Å². The highest BCUT2D eigenvalue weighted by atomic mass is 19.1. The number of aromatic amines is 1. The number of hydrogen-bond acceptors (Lipinski definition) is 3. The molecule has 24 heavy (non-hydrogen) atoms. The van der Waals surface area contributed by atoms with Gasteiger partial charge in [-0.3, -0.25) is 4.79 Å². The molecular formula is C18H25BFNO3. The van der Waals surface area contributed by atoms with Gasteiger partial charge in [-0.05, 0) is 63.2 Å². The van der Waals surface area contributed by atoms with Gasteiger partial charge in [-0.15, -0.1) is 0 Å². The molecule has 0 aromatic carbocycles. The molecule has 1 N–H and O–H groups in total. The van der Waals surface area contributed by atoms with Crippen LogP contribution < -0.4 is 5.56 Å². The quantitative estimate of drug-likeness (QED) is 0.798. The number of allylic oxidation sites excluding steroid dienone is 1. The molecule has 2 heterocycles. The molecule has 0 saturated carbocycles. The summed E-state index contributed by atoms with van der Waals surface area (Å²) in [4.78, 5) is 14.5. The van der Waals surface area contributed by atoms with Crippen LogP contribution in [-0.4, -0.2) is 23.3 Å². The van der Waals surface area contributed by atoms with E-state index in [0.717, 1.165) is 11.3 Å². The van der Waals surface area contributed by atoms with Crippen molar-refractivity contribution < 1.29 is 13.7 Å². The van der Waals surface area contributed by atoms with Crippen LogP contribution in [0, 0.1) is 5.41 Å². The van der Waals surface area contributed by atoms with Crippen LogP contribution in [0.5, 0.6) is 0 Å². The van der Waals surface area contributed by atoms with E-state index in [1.165, 1.54) is 6.07 Å². The van der Waals surface area contributed by atoms with Gasteiger partial charge in [-0.1, -0.05) is 13.8 Å². The lowest BCUT2D eigenvalue weighted by molar-refractivity contribution is 0.00578. The predicted octanol–water partition coefficient (Wildman–Crippen LogP) is 3.66. The van der Waals surface area contributed by atoms with Gasteiger partial charge in [0.1, 0.15) is 5.73 Å². The van der Waals surface area contributed by atoms with Gasteiger partial charge in [0, 0.05) is 11.8 Å².